The number of fused-ring (bicyclic) bond motifs is 1. The maximum absolute atomic E-state index is 14.5. The largest absolute Gasteiger partial charge is 0.386 e. The number of hydrogen-bond acceptors (Lipinski definition) is 3. The van der Waals surface area contributed by atoms with Gasteiger partial charge in [-0.1, -0.05) is 0 Å². The lowest BCUT2D eigenvalue weighted by Crippen LogP contribution is -2.44. The summed E-state index contributed by atoms with van der Waals surface area (Å²) in [6, 6.07) is -5.87. The minimum Gasteiger partial charge on any atom is -0.282 e. The van der Waals surface area contributed by atoms with Gasteiger partial charge in [0.1, 0.15) is 5.69 Å². The number of nitrogens with zero attached hydrogens (tertiary/aromatic N) is 1. The Hall–Kier alpha value is -2.95. The molecular weight excluding hydrogens is 502 g/mol. The number of anilines is 2. The quantitative estimate of drug-likeness (QED) is 0.196. The summed E-state index contributed by atoms with van der Waals surface area (Å²) in [5, 5.41) is 0. The summed E-state index contributed by atoms with van der Waals surface area (Å²) in [4.78, 5) is -4.51. The van der Waals surface area contributed by atoms with Gasteiger partial charge in [0.2, 0.25) is 11.6 Å². The number of benzene rings is 2. The van der Waals surface area contributed by atoms with Crippen LogP contribution in [0.15, 0.2) is 10.7 Å². The van der Waals surface area contributed by atoms with E-state index in [2.05, 4.69) is 0 Å². The van der Waals surface area contributed by atoms with Crippen LogP contribution in [0.3, 0.4) is 0 Å². The molecule has 1 aliphatic rings. The Morgan fingerprint density at radius 2 is 1.03 bits per heavy atom. The predicted octanol–water partition coefficient (Wildman–Crippen LogP) is 5.40. The molecule has 1 heterocycles. The van der Waals surface area contributed by atoms with Gasteiger partial charge in [-0.25, -0.2) is 39.5 Å². The molecule has 0 aromatic heterocycles. The second-order valence-corrected chi connectivity index (χ2v) is 7.25. The molecule has 2 aromatic rings. The molecule has 174 valence electrons. The predicted molar refractivity (Wildman–Crippen MR) is 78.6 cm³/mol. The monoisotopic (exact) mass is 503 g/mol. The van der Waals surface area contributed by atoms with E-state index in [9.17, 15) is 61.1 Å². The third-order valence-electron chi connectivity index (χ3n) is 4.10. The molecule has 1 N–H and O–H groups in total. The Morgan fingerprint density at radius 1 is 0.625 bits per heavy atom. The molecular formula is C15HF12NO3S. The van der Waals surface area contributed by atoms with Crippen LogP contribution in [0, 0.1) is 46.5 Å². The summed E-state index contributed by atoms with van der Waals surface area (Å²) >= 11 is 0. The normalized spacial score (nSPS) is 16.0. The van der Waals surface area contributed by atoms with E-state index in [4.69, 9.17) is 4.55 Å². The SMILES string of the molecule is O=S(=O)(O)c1c(F)c(F)c2c(c1F)C(F)=C(F)C(F)(F)N2c1c(F)c(F)c(F)c(F)c1F. The van der Waals surface area contributed by atoms with Crippen molar-refractivity contribution in [1.29, 1.82) is 0 Å². The van der Waals surface area contributed by atoms with Crippen molar-refractivity contribution >= 4 is 27.3 Å². The van der Waals surface area contributed by atoms with Gasteiger partial charge in [0.05, 0.1) is 11.3 Å². The zero-order valence-electron chi connectivity index (χ0n) is 14.2. The molecule has 2 aromatic carbocycles. The Bertz CT molecular complexity index is 1310. The van der Waals surface area contributed by atoms with Crippen LogP contribution < -0.4 is 4.90 Å². The molecule has 4 nitrogen and oxygen atoms in total. The molecule has 1 aliphatic heterocycles. The van der Waals surface area contributed by atoms with Gasteiger partial charge in [0.25, 0.3) is 0 Å². The minimum absolute atomic E-state index is 1.79. The first-order valence-corrected chi connectivity index (χ1v) is 8.85. The fourth-order valence-corrected chi connectivity index (χ4v) is 3.43. The molecule has 17 heteroatoms. The van der Waals surface area contributed by atoms with E-state index in [0.29, 0.717) is 0 Å². The van der Waals surface area contributed by atoms with Crippen molar-refractivity contribution in [2.24, 2.45) is 0 Å². The number of alkyl halides is 2. The highest BCUT2D eigenvalue weighted by atomic mass is 32.2. The van der Waals surface area contributed by atoms with Crippen molar-refractivity contribution in [2.45, 2.75) is 10.9 Å². The van der Waals surface area contributed by atoms with Crippen LogP contribution in [0.4, 0.5) is 64.1 Å². The van der Waals surface area contributed by atoms with Crippen LogP contribution in [0.25, 0.3) is 5.83 Å². The third-order valence-corrected chi connectivity index (χ3v) is 4.98. The van der Waals surface area contributed by atoms with Crippen molar-refractivity contribution < 1.29 is 65.7 Å². The molecule has 0 radical (unpaired) electrons. The summed E-state index contributed by atoms with van der Waals surface area (Å²) in [5.41, 5.74) is -8.11. The molecule has 0 unspecified atom stereocenters. The fourth-order valence-electron chi connectivity index (χ4n) is 2.79. The average Bonchev–Trinajstić information content (AvgIpc) is 2.68. The van der Waals surface area contributed by atoms with Gasteiger partial charge in [-0.2, -0.15) is 21.6 Å². The van der Waals surface area contributed by atoms with E-state index in [1.54, 1.807) is 0 Å². The molecule has 3 rings (SSSR count). The van der Waals surface area contributed by atoms with Gasteiger partial charge in [0.15, 0.2) is 51.4 Å². The highest BCUT2D eigenvalue weighted by Crippen LogP contribution is 2.54. The Morgan fingerprint density at radius 3 is 1.47 bits per heavy atom. The van der Waals surface area contributed by atoms with Crippen LogP contribution in [0.5, 0.6) is 0 Å². The Labute approximate surface area is 167 Å². The second-order valence-electron chi connectivity index (χ2n) is 5.89. The van der Waals surface area contributed by atoms with Crippen LogP contribution in [0.1, 0.15) is 5.56 Å². The third kappa shape index (κ3) is 2.94. The molecule has 0 fully saturated rings. The molecule has 0 saturated heterocycles. The summed E-state index contributed by atoms with van der Waals surface area (Å²) in [6.07, 6.45) is 0. The van der Waals surface area contributed by atoms with E-state index in [0.717, 1.165) is 0 Å². The van der Waals surface area contributed by atoms with Gasteiger partial charge in [0, 0.05) is 0 Å². The highest BCUT2D eigenvalue weighted by molar-refractivity contribution is 7.85. The smallest absolute Gasteiger partial charge is 0.282 e. The lowest BCUT2D eigenvalue weighted by molar-refractivity contribution is 0.0210. The standard InChI is InChI=1S/C15HF12NO3S/c16-2-1-3(17)14(25)15(26,27)28(11(1)9(23)10(24)13(2)32(29,30)31)12-7(21)5(19)4(18)6(20)8(12)22/h(H,29,30,31). The topological polar surface area (TPSA) is 57.6 Å². The molecule has 0 bridgehead atoms. The van der Waals surface area contributed by atoms with Crippen molar-refractivity contribution in [3.05, 3.63) is 57.9 Å². The zero-order chi connectivity index (χ0) is 24.7. The second kappa shape index (κ2) is 7.03. The molecule has 0 aliphatic carbocycles. The molecule has 32 heavy (non-hydrogen) atoms. The van der Waals surface area contributed by atoms with Crippen LogP contribution >= 0.6 is 0 Å². The zero-order valence-corrected chi connectivity index (χ0v) is 15.0. The van der Waals surface area contributed by atoms with Crippen LogP contribution in [-0.2, 0) is 10.1 Å². The Kier molecular flexibility index (Phi) is 5.20. The number of rotatable bonds is 2. The molecule has 0 atom stereocenters. The lowest BCUT2D eigenvalue weighted by atomic mass is 10.0. The lowest BCUT2D eigenvalue weighted by Gasteiger charge is -2.37. The average molecular weight is 503 g/mol. The van der Waals surface area contributed by atoms with Gasteiger partial charge >= 0.3 is 16.2 Å². The fraction of sp³-hybridized carbons (Fsp3) is 0.0667. The van der Waals surface area contributed by atoms with E-state index in [-0.39, 0.29) is 0 Å². The first-order chi connectivity index (χ1) is 14.5. The van der Waals surface area contributed by atoms with Crippen molar-refractivity contribution in [1.82, 2.24) is 0 Å². The van der Waals surface area contributed by atoms with E-state index >= 15 is 0 Å². The van der Waals surface area contributed by atoms with Crippen molar-refractivity contribution in [3.8, 4) is 0 Å². The molecule has 0 saturated carbocycles. The first kappa shape index (κ1) is 23.7. The summed E-state index contributed by atoms with van der Waals surface area (Å²) in [5.74, 6) is -30.9. The van der Waals surface area contributed by atoms with E-state index in [1.807, 2.05) is 0 Å². The highest BCUT2D eigenvalue weighted by Gasteiger charge is 2.56. The van der Waals surface area contributed by atoms with Crippen LogP contribution in [0.2, 0.25) is 0 Å². The van der Waals surface area contributed by atoms with Gasteiger partial charge < -0.3 is 0 Å². The summed E-state index contributed by atoms with van der Waals surface area (Å²) in [7, 11) is -6.13. The number of halogens is 12. The van der Waals surface area contributed by atoms with Crippen molar-refractivity contribution in [3.63, 3.8) is 0 Å². The van der Waals surface area contributed by atoms with E-state index in [1.165, 1.54) is 0 Å². The molecule has 0 spiro atoms. The van der Waals surface area contributed by atoms with Gasteiger partial charge in [-0.05, 0) is 0 Å². The maximum atomic E-state index is 14.5. The van der Waals surface area contributed by atoms with Gasteiger partial charge in [-0.15, -0.1) is 0 Å². The van der Waals surface area contributed by atoms with Gasteiger partial charge in [-0.3, -0.25) is 9.45 Å². The van der Waals surface area contributed by atoms with E-state index < -0.39 is 101 Å². The van der Waals surface area contributed by atoms with Crippen molar-refractivity contribution in [2.75, 3.05) is 4.90 Å². The summed E-state index contributed by atoms with van der Waals surface area (Å²) < 4.78 is 199. The first-order valence-electron chi connectivity index (χ1n) is 7.41. The minimum atomic E-state index is -6.13. The maximum Gasteiger partial charge on any atom is 0.386 e. The Balaban J connectivity index is 2.63. The number of hydrogen-bond donors (Lipinski definition) is 1. The summed E-state index contributed by atoms with van der Waals surface area (Å²) in [6.45, 7) is 0. The van der Waals surface area contributed by atoms with Crippen LogP contribution in [-0.4, -0.2) is 19.0 Å². The molecule has 0 amide bonds.